The van der Waals surface area contributed by atoms with Crippen molar-refractivity contribution in [3.05, 3.63) is 21.8 Å². The van der Waals surface area contributed by atoms with E-state index in [0.29, 0.717) is 10.8 Å². The molecule has 0 aromatic rings. The van der Waals surface area contributed by atoms with Gasteiger partial charge in [-0.15, -0.1) is 0 Å². The molecule has 1 nitrogen and oxygen atoms in total. The van der Waals surface area contributed by atoms with Crippen LogP contribution in [0.25, 0.3) is 0 Å². The van der Waals surface area contributed by atoms with E-state index >= 15 is 0 Å². The monoisotopic (exact) mass is 426 g/mol. The molecular weight excluding hydrogens is 395 g/mol. The highest BCUT2D eigenvalue weighted by Crippen LogP contribution is 2.67. The Bertz CT molecular complexity index is 552. The summed E-state index contributed by atoms with van der Waals surface area (Å²) < 4.78 is 1.39. The smallest absolute Gasteiger partial charge is 0.0577 e. The first kappa shape index (κ1) is 16.6. The van der Waals surface area contributed by atoms with E-state index in [9.17, 15) is 5.11 Å². The van der Waals surface area contributed by atoms with E-state index in [1.54, 1.807) is 5.57 Å². The molecular formula is C21H31IO. The van der Waals surface area contributed by atoms with Crippen LogP contribution in [-0.2, 0) is 0 Å². The normalized spacial score (nSPS) is 52.2. The van der Waals surface area contributed by atoms with Crippen LogP contribution in [-0.4, -0.2) is 11.2 Å². The molecule has 3 fully saturated rings. The molecule has 0 spiro atoms. The molecule has 7 atom stereocenters. The highest BCUT2D eigenvalue weighted by molar-refractivity contribution is 14.1. The number of aliphatic hydroxyl groups is 1. The van der Waals surface area contributed by atoms with E-state index in [4.69, 9.17) is 0 Å². The van der Waals surface area contributed by atoms with Gasteiger partial charge in [0.25, 0.3) is 0 Å². The molecule has 0 saturated heterocycles. The molecule has 4 aliphatic carbocycles. The number of fused-ring (bicyclic) bond motifs is 5. The Balaban J connectivity index is 1.66. The van der Waals surface area contributed by atoms with E-state index in [1.807, 2.05) is 0 Å². The first-order valence-corrected chi connectivity index (χ1v) is 10.7. The highest BCUT2D eigenvalue weighted by Gasteiger charge is 2.58. The Morgan fingerprint density at radius 3 is 2.70 bits per heavy atom. The van der Waals surface area contributed by atoms with Crippen molar-refractivity contribution in [3.63, 3.8) is 0 Å². The first-order valence-electron chi connectivity index (χ1n) is 9.58. The highest BCUT2D eigenvalue weighted by atomic mass is 127. The van der Waals surface area contributed by atoms with Crippen LogP contribution in [0.15, 0.2) is 21.8 Å². The number of hydrogen-bond acceptors (Lipinski definition) is 1. The van der Waals surface area contributed by atoms with Crippen molar-refractivity contribution in [2.45, 2.75) is 71.3 Å². The Hall–Kier alpha value is 0.170. The molecule has 0 bridgehead atoms. The lowest BCUT2D eigenvalue weighted by Gasteiger charge is -2.58. The lowest BCUT2D eigenvalue weighted by molar-refractivity contribution is -0.0443. The molecule has 2 heteroatoms. The van der Waals surface area contributed by atoms with Crippen LogP contribution in [0, 0.1) is 34.5 Å². The average molecular weight is 426 g/mol. The molecule has 128 valence electrons. The lowest BCUT2D eigenvalue weighted by Crippen LogP contribution is -2.50. The van der Waals surface area contributed by atoms with Gasteiger partial charge in [-0.1, -0.05) is 32.1 Å². The molecule has 3 saturated carbocycles. The molecule has 0 radical (unpaired) electrons. The van der Waals surface area contributed by atoms with Gasteiger partial charge in [0.05, 0.1) is 6.10 Å². The van der Waals surface area contributed by atoms with Crippen LogP contribution in [0.4, 0.5) is 0 Å². The fourth-order valence-corrected chi connectivity index (χ4v) is 8.18. The van der Waals surface area contributed by atoms with Gasteiger partial charge >= 0.3 is 0 Å². The zero-order valence-electron chi connectivity index (χ0n) is 14.7. The third-order valence-electron chi connectivity index (χ3n) is 8.46. The third-order valence-corrected chi connectivity index (χ3v) is 9.21. The van der Waals surface area contributed by atoms with Gasteiger partial charge in [0.15, 0.2) is 0 Å². The number of allylic oxidation sites excluding steroid dienone is 2. The minimum Gasteiger partial charge on any atom is -0.393 e. The van der Waals surface area contributed by atoms with Crippen molar-refractivity contribution < 1.29 is 5.11 Å². The van der Waals surface area contributed by atoms with E-state index in [0.717, 1.165) is 36.5 Å². The Labute approximate surface area is 155 Å². The van der Waals surface area contributed by atoms with E-state index < -0.39 is 0 Å². The quantitative estimate of drug-likeness (QED) is 0.411. The maximum atomic E-state index is 10.1. The Kier molecular flexibility index (Phi) is 4.04. The van der Waals surface area contributed by atoms with Gasteiger partial charge in [-0.2, -0.15) is 0 Å². The van der Waals surface area contributed by atoms with Gasteiger partial charge in [-0.3, -0.25) is 0 Å². The topological polar surface area (TPSA) is 20.2 Å². The summed E-state index contributed by atoms with van der Waals surface area (Å²) in [6, 6.07) is 0. The molecule has 0 aromatic heterocycles. The summed E-state index contributed by atoms with van der Waals surface area (Å²) >= 11 is 2.49. The SMILES string of the molecule is C=C(I)[C@H]1CC[C@H]2[C@@H]3CC=C4C[C@@H](O)CC[C@]4(C)[C@H]3CC[C@]12C. The summed E-state index contributed by atoms with van der Waals surface area (Å²) in [6.45, 7) is 9.40. The second kappa shape index (κ2) is 5.59. The molecule has 4 rings (SSSR count). The molecule has 0 aromatic carbocycles. The minimum atomic E-state index is -0.0852. The van der Waals surface area contributed by atoms with Gasteiger partial charge in [0.1, 0.15) is 0 Å². The zero-order valence-corrected chi connectivity index (χ0v) is 16.8. The van der Waals surface area contributed by atoms with Gasteiger partial charge in [0.2, 0.25) is 0 Å². The molecule has 0 heterocycles. The Morgan fingerprint density at radius 1 is 1.17 bits per heavy atom. The standard InChI is InChI=1S/C21H31IO/c1-13(22)17-6-7-18-16-5-4-14-12-15(23)8-10-20(14,2)19(16)9-11-21(17,18)3/h4,15-19,23H,1,5-12H2,2-3H3/t15-,16-,17+,18-,19-,20-,21+/m0/s1. The Morgan fingerprint density at radius 2 is 1.96 bits per heavy atom. The molecule has 4 aliphatic rings. The number of aliphatic hydroxyl groups excluding tert-OH is 1. The summed E-state index contributed by atoms with van der Waals surface area (Å²) in [6.07, 6.45) is 12.4. The second-order valence-electron chi connectivity index (χ2n) is 9.28. The maximum absolute atomic E-state index is 10.1. The third kappa shape index (κ3) is 2.33. The summed E-state index contributed by atoms with van der Waals surface area (Å²) in [7, 11) is 0. The van der Waals surface area contributed by atoms with Crippen LogP contribution < -0.4 is 0 Å². The van der Waals surface area contributed by atoms with Crippen molar-refractivity contribution >= 4 is 22.6 Å². The van der Waals surface area contributed by atoms with Crippen molar-refractivity contribution in [1.29, 1.82) is 0 Å². The maximum Gasteiger partial charge on any atom is 0.0577 e. The fourth-order valence-electron chi connectivity index (χ4n) is 7.16. The van der Waals surface area contributed by atoms with Crippen LogP contribution in [0.3, 0.4) is 0 Å². The summed E-state index contributed by atoms with van der Waals surface area (Å²) in [5.74, 6) is 3.35. The summed E-state index contributed by atoms with van der Waals surface area (Å²) in [4.78, 5) is 0. The summed E-state index contributed by atoms with van der Waals surface area (Å²) in [5.41, 5.74) is 2.46. The number of halogens is 1. The molecule has 23 heavy (non-hydrogen) atoms. The second-order valence-corrected chi connectivity index (χ2v) is 10.7. The average Bonchev–Trinajstić information content (AvgIpc) is 2.85. The van der Waals surface area contributed by atoms with Crippen molar-refractivity contribution in [2.75, 3.05) is 0 Å². The van der Waals surface area contributed by atoms with Gasteiger partial charge < -0.3 is 5.11 Å². The van der Waals surface area contributed by atoms with Gasteiger partial charge in [-0.25, -0.2) is 0 Å². The zero-order chi connectivity index (χ0) is 16.4. The van der Waals surface area contributed by atoms with Crippen LogP contribution in [0.2, 0.25) is 0 Å². The van der Waals surface area contributed by atoms with E-state index in [2.05, 4.69) is 49.1 Å². The predicted octanol–water partition coefficient (Wildman–Crippen LogP) is 5.88. The van der Waals surface area contributed by atoms with Crippen LogP contribution in [0.5, 0.6) is 0 Å². The van der Waals surface area contributed by atoms with Crippen molar-refractivity contribution in [1.82, 2.24) is 0 Å². The van der Waals surface area contributed by atoms with Crippen LogP contribution >= 0.6 is 22.6 Å². The van der Waals surface area contributed by atoms with Gasteiger partial charge in [-0.05, 0) is 112 Å². The van der Waals surface area contributed by atoms with Crippen LogP contribution in [0.1, 0.15) is 65.2 Å². The lowest BCUT2D eigenvalue weighted by atomic mass is 9.47. The van der Waals surface area contributed by atoms with Crippen molar-refractivity contribution in [3.8, 4) is 0 Å². The summed E-state index contributed by atoms with van der Waals surface area (Å²) in [5, 5.41) is 10.1. The first-order chi connectivity index (χ1) is 10.9. The molecule has 0 amide bonds. The molecule has 1 N–H and O–H groups in total. The number of rotatable bonds is 1. The van der Waals surface area contributed by atoms with Crippen molar-refractivity contribution in [2.24, 2.45) is 34.5 Å². The molecule has 0 unspecified atom stereocenters. The van der Waals surface area contributed by atoms with Gasteiger partial charge in [0, 0.05) is 0 Å². The van der Waals surface area contributed by atoms with E-state index in [-0.39, 0.29) is 6.10 Å². The molecule has 0 aliphatic heterocycles. The largest absolute Gasteiger partial charge is 0.393 e. The minimum absolute atomic E-state index is 0.0852. The van der Waals surface area contributed by atoms with E-state index in [1.165, 1.54) is 42.1 Å². The number of hydrogen-bond donors (Lipinski definition) is 1. The predicted molar refractivity (Wildman–Crippen MR) is 104 cm³/mol. The fraction of sp³-hybridized carbons (Fsp3) is 0.810.